The van der Waals surface area contributed by atoms with E-state index in [-0.39, 0.29) is 5.82 Å². The normalized spacial score (nSPS) is 16.4. The number of benzene rings is 2. The first-order valence-electron chi connectivity index (χ1n) is 7.19. The highest BCUT2D eigenvalue weighted by molar-refractivity contribution is 5.46. The highest BCUT2D eigenvalue weighted by atomic mass is 19.1. The molecule has 1 saturated heterocycles. The highest BCUT2D eigenvalue weighted by Crippen LogP contribution is 2.14. The zero-order valence-corrected chi connectivity index (χ0v) is 11.6. The molecule has 0 aliphatic carbocycles. The van der Waals surface area contributed by atoms with Crippen molar-refractivity contribution in [2.24, 2.45) is 0 Å². The molecule has 0 radical (unpaired) electrons. The largest absolute Gasteiger partial charge is 0.360 e. The quantitative estimate of drug-likeness (QED) is 0.893. The summed E-state index contributed by atoms with van der Waals surface area (Å²) in [5.41, 5.74) is 2.53. The topological polar surface area (TPSA) is 7.68 Å². The number of nitrogens with one attached hydrogen (secondary N) is 1. The summed E-state index contributed by atoms with van der Waals surface area (Å²) in [6, 6.07) is 17.5. The smallest absolute Gasteiger partial charge is 0.123 e. The fourth-order valence-electron chi connectivity index (χ4n) is 2.79. The van der Waals surface area contributed by atoms with E-state index in [0.29, 0.717) is 0 Å². The van der Waals surface area contributed by atoms with Crippen molar-refractivity contribution < 1.29 is 9.29 Å². The Balaban J connectivity index is 1.55. The first kappa shape index (κ1) is 13.1. The Morgan fingerprint density at radius 1 is 0.900 bits per heavy atom. The third-order valence-corrected chi connectivity index (χ3v) is 3.96. The molecule has 0 saturated carbocycles. The van der Waals surface area contributed by atoms with Gasteiger partial charge in [-0.05, 0) is 24.3 Å². The molecular weight excluding hydrogens is 251 g/mol. The molecule has 1 heterocycles. The Bertz CT molecular complexity index is 531. The van der Waals surface area contributed by atoms with Gasteiger partial charge in [-0.25, -0.2) is 4.39 Å². The summed E-state index contributed by atoms with van der Waals surface area (Å²) in [5.74, 6) is -0.165. The average Bonchev–Trinajstić information content (AvgIpc) is 2.50. The summed E-state index contributed by atoms with van der Waals surface area (Å²) in [4.78, 5) is 3.96. The van der Waals surface area contributed by atoms with E-state index in [0.717, 1.165) is 38.4 Å². The molecule has 0 aromatic heterocycles. The summed E-state index contributed by atoms with van der Waals surface area (Å²) in [7, 11) is 0. The van der Waals surface area contributed by atoms with E-state index < -0.39 is 0 Å². The molecule has 1 aliphatic heterocycles. The van der Waals surface area contributed by atoms with Crippen LogP contribution in [0.2, 0.25) is 0 Å². The molecule has 2 aromatic carbocycles. The number of quaternary nitrogens is 1. The molecule has 20 heavy (non-hydrogen) atoms. The fourth-order valence-corrected chi connectivity index (χ4v) is 2.79. The molecule has 0 bridgehead atoms. The van der Waals surface area contributed by atoms with E-state index in [9.17, 15) is 4.39 Å². The molecule has 0 unspecified atom stereocenters. The Morgan fingerprint density at radius 2 is 1.55 bits per heavy atom. The van der Waals surface area contributed by atoms with Crippen molar-refractivity contribution in [1.82, 2.24) is 0 Å². The van der Waals surface area contributed by atoms with E-state index in [2.05, 4.69) is 35.2 Å². The van der Waals surface area contributed by atoms with Gasteiger partial charge in [0.05, 0.1) is 26.2 Å². The Morgan fingerprint density at radius 3 is 2.20 bits per heavy atom. The van der Waals surface area contributed by atoms with E-state index in [4.69, 9.17) is 0 Å². The zero-order chi connectivity index (χ0) is 13.8. The number of anilines is 1. The molecular formula is C17H20FN2+. The second-order valence-electron chi connectivity index (χ2n) is 5.38. The van der Waals surface area contributed by atoms with Crippen LogP contribution in [0.1, 0.15) is 5.56 Å². The minimum Gasteiger partial charge on any atom is -0.360 e. The number of hydrogen-bond acceptors (Lipinski definition) is 1. The standard InChI is InChI=1S/C17H19FN2/c18-16-6-8-17(9-7-16)20-12-10-19(11-13-20)14-15-4-2-1-3-5-15/h1-9H,10-14H2/p+1. The Kier molecular flexibility index (Phi) is 3.97. The van der Waals surface area contributed by atoms with Crippen molar-refractivity contribution in [3.05, 3.63) is 66.0 Å². The van der Waals surface area contributed by atoms with Crippen molar-refractivity contribution in [3.8, 4) is 0 Å². The third-order valence-electron chi connectivity index (χ3n) is 3.96. The van der Waals surface area contributed by atoms with E-state index in [1.807, 2.05) is 12.1 Å². The van der Waals surface area contributed by atoms with Gasteiger partial charge in [0.2, 0.25) is 0 Å². The van der Waals surface area contributed by atoms with Crippen molar-refractivity contribution in [1.29, 1.82) is 0 Å². The van der Waals surface area contributed by atoms with Crippen LogP contribution in [0, 0.1) is 5.82 Å². The lowest BCUT2D eigenvalue weighted by Gasteiger charge is -2.33. The van der Waals surface area contributed by atoms with Gasteiger partial charge in [-0.15, -0.1) is 0 Å². The minimum absolute atomic E-state index is 0.165. The number of nitrogens with zero attached hydrogens (tertiary/aromatic N) is 1. The van der Waals surface area contributed by atoms with Crippen molar-refractivity contribution in [3.63, 3.8) is 0 Å². The molecule has 0 spiro atoms. The van der Waals surface area contributed by atoms with Crippen LogP contribution in [0.3, 0.4) is 0 Å². The molecule has 2 aromatic rings. The number of halogens is 1. The third kappa shape index (κ3) is 3.17. The van der Waals surface area contributed by atoms with Gasteiger partial charge < -0.3 is 9.80 Å². The summed E-state index contributed by atoms with van der Waals surface area (Å²) in [6.45, 7) is 5.43. The van der Waals surface area contributed by atoms with Gasteiger partial charge in [-0.3, -0.25) is 0 Å². The average molecular weight is 271 g/mol. The minimum atomic E-state index is -0.165. The summed E-state index contributed by atoms with van der Waals surface area (Å²) < 4.78 is 12.9. The number of hydrogen-bond donors (Lipinski definition) is 1. The first-order valence-corrected chi connectivity index (χ1v) is 7.19. The van der Waals surface area contributed by atoms with Crippen LogP contribution in [0.4, 0.5) is 10.1 Å². The lowest BCUT2D eigenvalue weighted by Crippen LogP contribution is -3.13. The van der Waals surface area contributed by atoms with Crippen LogP contribution in [0.25, 0.3) is 0 Å². The molecule has 2 nitrogen and oxygen atoms in total. The van der Waals surface area contributed by atoms with Gasteiger partial charge in [0.15, 0.2) is 0 Å². The van der Waals surface area contributed by atoms with Crippen molar-refractivity contribution >= 4 is 5.69 Å². The fraction of sp³-hybridized carbons (Fsp3) is 0.294. The Hall–Kier alpha value is -1.87. The lowest BCUT2D eigenvalue weighted by atomic mass is 10.2. The SMILES string of the molecule is Fc1ccc(N2CC[NH+](Cc3ccccc3)CC2)cc1. The molecule has 3 heteroatoms. The number of rotatable bonds is 3. The lowest BCUT2D eigenvalue weighted by molar-refractivity contribution is -0.914. The summed E-state index contributed by atoms with van der Waals surface area (Å²) in [6.07, 6.45) is 0. The maximum atomic E-state index is 12.9. The van der Waals surface area contributed by atoms with Crippen molar-refractivity contribution in [2.45, 2.75) is 6.54 Å². The summed E-state index contributed by atoms with van der Waals surface area (Å²) in [5, 5.41) is 0. The van der Waals surface area contributed by atoms with Crippen LogP contribution in [-0.4, -0.2) is 26.2 Å². The predicted octanol–water partition coefficient (Wildman–Crippen LogP) is 1.73. The molecule has 3 rings (SSSR count). The van der Waals surface area contributed by atoms with Crippen LogP contribution in [-0.2, 0) is 6.54 Å². The monoisotopic (exact) mass is 271 g/mol. The molecule has 104 valence electrons. The van der Waals surface area contributed by atoms with Crippen LogP contribution in [0.15, 0.2) is 54.6 Å². The number of piperazine rings is 1. The van der Waals surface area contributed by atoms with E-state index in [1.54, 1.807) is 17.0 Å². The van der Waals surface area contributed by atoms with Gasteiger partial charge in [-0.2, -0.15) is 0 Å². The van der Waals surface area contributed by atoms with Crippen molar-refractivity contribution in [2.75, 3.05) is 31.1 Å². The first-order chi connectivity index (χ1) is 9.81. The molecule has 0 amide bonds. The molecule has 0 atom stereocenters. The molecule has 1 aliphatic rings. The Labute approximate surface area is 119 Å². The van der Waals surface area contributed by atoms with Gasteiger partial charge in [0, 0.05) is 11.3 Å². The van der Waals surface area contributed by atoms with Crippen LogP contribution >= 0.6 is 0 Å². The van der Waals surface area contributed by atoms with E-state index >= 15 is 0 Å². The molecule has 1 fully saturated rings. The predicted molar refractivity (Wildman–Crippen MR) is 79.5 cm³/mol. The van der Waals surface area contributed by atoms with Gasteiger partial charge in [0.25, 0.3) is 0 Å². The van der Waals surface area contributed by atoms with Gasteiger partial charge in [-0.1, -0.05) is 30.3 Å². The van der Waals surface area contributed by atoms with Gasteiger partial charge in [0.1, 0.15) is 12.4 Å². The maximum Gasteiger partial charge on any atom is 0.123 e. The maximum absolute atomic E-state index is 12.9. The van der Waals surface area contributed by atoms with Gasteiger partial charge >= 0.3 is 0 Å². The zero-order valence-electron chi connectivity index (χ0n) is 11.6. The second-order valence-corrected chi connectivity index (χ2v) is 5.38. The van der Waals surface area contributed by atoms with Crippen LogP contribution in [0.5, 0.6) is 0 Å². The molecule has 1 N–H and O–H groups in total. The second kappa shape index (κ2) is 6.06. The highest BCUT2D eigenvalue weighted by Gasteiger charge is 2.20. The van der Waals surface area contributed by atoms with Crippen LogP contribution < -0.4 is 9.80 Å². The van der Waals surface area contributed by atoms with E-state index in [1.165, 1.54) is 5.56 Å². The summed E-state index contributed by atoms with van der Waals surface area (Å²) >= 11 is 0.